The van der Waals surface area contributed by atoms with Gasteiger partial charge in [-0.25, -0.2) is 9.78 Å². The molecule has 1 aliphatic rings. The van der Waals surface area contributed by atoms with Crippen molar-refractivity contribution in [3.8, 4) is 0 Å². The van der Waals surface area contributed by atoms with Crippen molar-refractivity contribution in [2.45, 2.75) is 45.3 Å². The summed E-state index contributed by atoms with van der Waals surface area (Å²) in [7, 11) is 4.86. The van der Waals surface area contributed by atoms with Gasteiger partial charge in [0, 0.05) is 58.0 Å². The highest BCUT2D eigenvalue weighted by molar-refractivity contribution is 5.95. The van der Waals surface area contributed by atoms with Crippen LogP contribution in [0.3, 0.4) is 0 Å². The van der Waals surface area contributed by atoms with Crippen LogP contribution in [0, 0.1) is 0 Å². The molecule has 0 spiro atoms. The molecule has 0 saturated carbocycles. The number of anilines is 1. The van der Waals surface area contributed by atoms with E-state index in [2.05, 4.69) is 0 Å². The lowest BCUT2D eigenvalue weighted by molar-refractivity contribution is -0.138. The third-order valence-corrected chi connectivity index (χ3v) is 6.86. The Morgan fingerprint density at radius 1 is 1.11 bits per heavy atom. The molecule has 1 atom stereocenters. The second kappa shape index (κ2) is 10.5. The van der Waals surface area contributed by atoms with E-state index < -0.39 is 6.09 Å². The van der Waals surface area contributed by atoms with Crippen molar-refractivity contribution in [3.63, 3.8) is 0 Å². The number of carboxylic acid groups (broad SMARTS) is 1. The minimum Gasteiger partial charge on any atom is -0.465 e. The van der Waals surface area contributed by atoms with Crippen LogP contribution in [-0.2, 0) is 35.5 Å². The Labute approximate surface area is 214 Å². The summed E-state index contributed by atoms with van der Waals surface area (Å²) in [6, 6.07) is 8.36. The van der Waals surface area contributed by atoms with E-state index in [1.165, 1.54) is 20.8 Å². The number of carbonyl (C=O) groups is 3. The van der Waals surface area contributed by atoms with Crippen LogP contribution in [-0.4, -0.2) is 80.7 Å². The molecule has 0 unspecified atom stereocenters. The highest BCUT2D eigenvalue weighted by atomic mass is 16.4. The Morgan fingerprint density at radius 2 is 1.86 bits per heavy atom. The highest BCUT2D eigenvalue weighted by Gasteiger charge is 2.31. The zero-order chi connectivity index (χ0) is 26.9. The molecule has 0 aliphatic carbocycles. The minimum absolute atomic E-state index is 0.0371. The Bertz CT molecular complexity index is 1410. The number of hydrogen-bond acceptors (Lipinski definition) is 5. The van der Waals surface area contributed by atoms with Gasteiger partial charge in [-0.15, -0.1) is 0 Å². The van der Waals surface area contributed by atoms with Crippen molar-refractivity contribution in [3.05, 3.63) is 58.3 Å². The van der Waals surface area contributed by atoms with E-state index in [-0.39, 0.29) is 36.5 Å². The summed E-state index contributed by atoms with van der Waals surface area (Å²) in [4.78, 5) is 58.5. The summed E-state index contributed by atoms with van der Waals surface area (Å²) in [5, 5.41) is 9.80. The predicted molar refractivity (Wildman–Crippen MR) is 139 cm³/mol. The molecule has 2 aromatic heterocycles. The second-order valence-electron chi connectivity index (χ2n) is 9.61. The molecule has 1 aliphatic heterocycles. The molecule has 0 fully saturated rings. The van der Waals surface area contributed by atoms with Crippen LogP contribution in [0.15, 0.2) is 41.3 Å². The van der Waals surface area contributed by atoms with Crippen LogP contribution in [0.2, 0.25) is 0 Å². The molecule has 37 heavy (non-hydrogen) atoms. The van der Waals surface area contributed by atoms with E-state index in [9.17, 15) is 24.3 Å². The van der Waals surface area contributed by atoms with Crippen molar-refractivity contribution >= 4 is 34.6 Å². The first-order chi connectivity index (χ1) is 17.6. The van der Waals surface area contributed by atoms with Crippen molar-refractivity contribution in [1.82, 2.24) is 23.9 Å². The first-order valence-electron chi connectivity index (χ1n) is 12.2. The van der Waals surface area contributed by atoms with Crippen LogP contribution < -0.4 is 10.5 Å². The quantitative estimate of drug-likeness (QED) is 0.520. The van der Waals surface area contributed by atoms with Gasteiger partial charge in [-0.3, -0.25) is 19.3 Å². The van der Waals surface area contributed by atoms with E-state index in [1.54, 1.807) is 56.2 Å². The number of nitrogens with zero attached hydrogens (tertiary/aromatic N) is 6. The lowest BCUT2D eigenvalue weighted by Gasteiger charge is -2.33. The van der Waals surface area contributed by atoms with Gasteiger partial charge in [0.1, 0.15) is 12.4 Å². The lowest BCUT2D eigenvalue weighted by Crippen LogP contribution is -2.41. The van der Waals surface area contributed by atoms with Crippen LogP contribution >= 0.6 is 0 Å². The lowest BCUT2D eigenvalue weighted by atomic mass is 9.96. The molecule has 4 rings (SSSR count). The number of aryl methyl sites for hydroxylation is 3. The topological polar surface area (TPSA) is 121 Å². The Balaban J connectivity index is 1.74. The van der Waals surface area contributed by atoms with Crippen LogP contribution in [0.1, 0.15) is 24.7 Å². The fourth-order valence-electron chi connectivity index (χ4n) is 4.69. The molecule has 3 amide bonds. The summed E-state index contributed by atoms with van der Waals surface area (Å²) in [5.41, 5.74) is 2.68. The van der Waals surface area contributed by atoms with Gasteiger partial charge in [0.25, 0.3) is 5.56 Å². The molecule has 1 N–H and O–H groups in total. The number of amides is 3. The average molecular weight is 509 g/mol. The third-order valence-electron chi connectivity index (χ3n) is 6.86. The number of pyridine rings is 1. The Morgan fingerprint density at radius 3 is 2.54 bits per heavy atom. The van der Waals surface area contributed by atoms with E-state index in [1.807, 2.05) is 11.5 Å². The molecule has 11 heteroatoms. The summed E-state index contributed by atoms with van der Waals surface area (Å²) in [6.45, 7) is 2.16. The zero-order valence-corrected chi connectivity index (χ0v) is 21.5. The first-order valence-corrected chi connectivity index (χ1v) is 12.2. The van der Waals surface area contributed by atoms with E-state index in [4.69, 9.17) is 4.98 Å². The van der Waals surface area contributed by atoms with Crippen molar-refractivity contribution in [2.24, 2.45) is 0 Å². The maximum Gasteiger partial charge on any atom is 0.412 e. The summed E-state index contributed by atoms with van der Waals surface area (Å²) < 4.78 is 3.39. The van der Waals surface area contributed by atoms with Crippen LogP contribution in [0.5, 0.6) is 0 Å². The van der Waals surface area contributed by atoms with Gasteiger partial charge in [-0.05, 0) is 38.0 Å². The summed E-state index contributed by atoms with van der Waals surface area (Å²) in [6.07, 6.45) is 2.40. The average Bonchev–Trinajstić information content (AvgIpc) is 3.20. The minimum atomic E-state index is -1.02. The van der Waals surface area contributed by atoms with E-state index in [0.717, 1.165) is 11.1 Å². The number of aromatic nitrogens is 3. The summed E-state index contributed by atoms with van der Waals surface area (Å²) >= 11 is 0. The smallest absolute Gasteiger partial charge is 0.412 e. The number of fused-ring (bicyclic) bond motifs is 3. The van der Waals surface area contributed by atoms with Crippen molar-refractivity contribution < 1.29 is 19.5 Å². The van der Waals surface area contributed by atoms with Crippen molar-refractivity contribution in [2.75, 3.05) is 32.6 Å². The second-order valence-corrected chi connectivity index (χ2v) is 9.61. The molecule has 0 bridgehead atoms. The SMILES string of the molecule is C[C@H]1CCc2c(ccc3c2nc(CCn2ccccc2=O)n3CC(=O)N(C)CC(=O)N(C)C)N1C(=O)O. The van der Waals surface area contributed by atoms with Gasteiger partial charge >= 0.3 is 6.09 Å². The fourth-order valence-corrected chi connectivity index (χ4v) is 4.69. The van der Waals surface area contributed by atoms with Gasteiger partial charge in [0.05, 0.1) is 23.3 Å². The third kappa shape index (κ3) is 5.20. The number of imidazole rings is 1. The van der Waals surface area contributed by atoms with E-state index >= 15 is 0 Å². The Kier molecular flexibility index (Phi) is 7.33. The number of likely N-dealkylation sites (N-methyl/N-ethyl adjacent to an activating group) is 2. The largest absolute Gasteiger partial charge is 0.465 e. The molecule has 0 radical (unpaired) electrons. The van der Waals surface area contributed by atoms with Crippen molar-refractivity contribution in [1.29, 1.82) is 0 Å². The predicted octanol–water partition coefficient (Wildman–Crippen LogP) is 1.81. The van der Waals surface area contributed by atoms with Gasteiger partial charge < -0.3 is 24.0 Å². The van der Waals surface area contributed by atoms with Crippen LogP contribution in [0.4, 0.5) is 10.5 Å². The maximum atomic E-state index is 13.1. The van der Waals surface area contributed by atoms with E-state index in [0.29, 0.717) is 42.8 Å². The van der Waals surface area contributed by atoms with Gasteiger partial charge in [-0.1, -0.05) is 6.07 Å². The number of rotatable bonds is 7. The number of carbonyl (C=O) groups excluding carboxylic acids is 2. The standard InChI is InChI=1S/C26H32N6O5/c1-17-8-9-18-19(32(17)26(36)37)10-11-20-25(18)27-21(12-14-30-13-6-5-7-22(30)33)31(20)16-24(35)29(4)15-23(34)28(2)3/h5-7,10-11,13,17H,8-9,12,14-16H2,1-4H3,(H,36,37)/t17-/m0/s1. The molecule has 0 saturated heterocycles. The highest BCUT2D eigenvalue weighted by Crippen LogP contribution is 2.36. The summed E-state index contributed by atoms with van der Waals surface area (Å²) in [5.74, 6) is 0.165. The molecule has 1 aromatic carbocycles. The Hall–Kier alpha value is -4.15. The number of benzene rings is 1. The zero-order valence-electron chi connectivity index (χ0n) is 21.5. The first kappa shape index (κ1) is 25.9. The van der Waals surface area contributed by atoms with Gasteiger partial charge in [0.15, 0.2) is 0 Å². The monoisotopic (exact) mass is 508 g/mol. The van der Waals surface area contributed by atoms with Crippen LogP contribution in [0.25, 0.3) is 11.0 Å². The number of hydrogen-bond donors (Lipinski definition) is 1. The molecule has 3 aromatic rings. The van der Waals surface area contributed by atoms with Gasteiger partial charge in [-0.2, -0.15) is 0 Å². The maximum absolute atomic E-state index is 13.1. The normalized spacial score (nSPS) is 14.9. The fraction of sp³-hybridized carbons (Fsp3) is 0.423. The molecule has 196 valence electrons. The van der Waals surface area contributed by atoms with Gasteiger partial charge in [0.2, 0.25) is 11.8 Å². The molecule has 3 heterocycles. The molecular formula is C26H32N6O5. The molecule has 11 nitrogen and oxygen atoms in total. The molecular weight excluding hydrogens is 476 g/mol.